The average Bonchev–Trinajstić information content (AvgIpc) is 2.90. The number of hydrogen-bond acceptors (Lipinski definition) is 5. The highest BCUT2D eigenvalue weighted by Crippen LogP contribution is 2.17. The highest BCUT2D eigenvalue weighted by molar-refractivity contribution is 7.89. The molecule has 0 unspecified atom stereocenters. The summed E-state index contributed by atoms with van der Waals surface area (Å²) in [5, 5.41) is 8.26. The van der Waals surface area contributed by atoms with Gasteiger partial charge in [-0.2, -0.15) is 4.72 Å². The quantitative estimate of drug-likeness (QED) is 0.863. The van der Waals surface area contributed by atoms with Crippen LogP contribution in [-0.2, 0) is 10.0 Å². The summed E-state index contributed by atoms with van der Waals surface area (Å²) in [6, 6.07) is 6.75. The summed E-state index contributed by atoms with van der Waals surface area (Å²) in [7, 11) is -3.94. The summed E-state index contributed by atoms with van der Waals surface area (Å²) in [5.74, 6) is -1.76. The molecule has 0 saturated carbocycles. The van der Waals surface area contributed by atoms with Gasteiger partial charge in [0.1, 0.15) is 0 Å². The van der Waals surface area contributed by atoms with Crippen LogP contribution in [0.5, 0.6) is 0 Å². The Bertz CT molecular complexity index is 708. The Morgan fingerprint density at radius 3 is 2.65 bits per heavy atom. The minimum Gasteiger partial charge on any atom is -0.475 e. The van der Waals surface area contributed by atoms with Gasteiger partial charge in [-0.05, 0) is 31.2 Å². The Morgan fingerprint density at radius 1 is 1.35 bits per heavy atom. The van der Waals surface area contributed by atoms with Crippen LogP contribution < -0.4 is 4.72 Å². The molecule has 0 spiro atoms. The zero-order valence-electron chi connectivity index (χ0n) is 10.5. The standard InChI is InChI=1S/C12H12N2O5S/c1-8(9-4-2-3-7-13-9)14-20(17,18)11-6-5-10(19-11)12(15)16/h2-8,14H,1H3,(H,15,16)/t8-/m1/s1. The lowest BCUT2D eigenvalue weighted by atomic mass is 10.2. The van der Waals surface area contributed by atoms with Gasteiger partial charge < -0.3 is 9.52 Å². The van der Waals surface area contributed by atoms with E-state index in [4.69, 9.17) is 9.52 Å². The third-order valence-corrected chi connectivity index (χ3v) is 3.93. The molecule has 0 aliphatic heterocycles. The molecule has 0 aromatic carbocycles. The largest absolute Gasteiger partial charge is 0.475 e. The lowest BCUT2D eigenvalue weighted by Crippen LogP contribution is -2.27. The maximum Gasteiger partial charge on any atom is 0.371 e. The van der Waals surface area contributed by atoms with E-state index >= 15 is 0 Å². The van der Waals surface area contributed by atoms with E-state index in [9.17, 15) is 13.2 Å². The van der Waals surface area contributed by atoms with E-state index in [2.05, 4.69) is 9.71 Å². The molecule has 0 aliphatic rings. The predicted octanol–water partition coefficient (Wildman–Crippen LogP) is 1.41. The fourth-order valence-electron chi connectivity index (χ4n) is 1.56. The first kappa shape index (κ1) is 14.2. The number of hydrogen-bond donors (Lipinski definition) is 2. The number of rotatable bonds is 5. The zero-order chi connectivity index (χ0) is 14.8. The van der Waals surface area contributed by atoms with Gasteiger partial charge in [-0.1, -0.05) is 6.07 Å². The van der Waals surface area contributed by atoms with Gasteiger partial charge in [0.25, 0.3) is 10.0 Å². The second-order valence-electron chi connectivity index (χ2n) is 4.02. The maximum absolute atomic E-state index is 12.0. The first-order valence-corrected chi connectivity index (χ1v) is 7.15. The van der Waals surface area contributed by atoms with Crippen molar-refractivity contribution in [2.24, 2.45) is 0 Å². The van der Waals surface area contributed by atoms with Crippen LogP contribution in [0.15, 0.2) is 46.0 Å². The molecule has 7 nitrogen and oxygen atoms in total. The molecule has 0 saturated heterocycles. The van der Waals surface area contributed by atoms with Crippen molar-refractivity contribution in [3.8, 4) is 0 Å². The van der Waals surface area contributed by atoms with Gasteiger partial charge in [-0.3, -0.25) is 4.98 Å². The molecule has 20 heavy (non-hydrogen) atoms. The molecule has 0 aliphatic carbocycles. The van der Waals surface area contributed by atoms with Crippen molar-refractivity contribution >= 4 is 16.0 Å². The molecule has 8 heteroatoms. The SMILES string of the molecule is C[C@@H](NS(=O)(=O)c1ccc(C(=O)O)o1)c1ccccn1. The molecule has 2 aromatic rings. The Kier molecular flexibility index (Phi) is 3.86. The number of pyridine rings is 1. The first-order valence-electron chi connectivity index (χ1n) is 5.66. The van der Waals surface area contributed by atoms with E-state index in [1.54, 1.807) is 31.3 Å². The Hall–Kier alpha value is -2.19. The van der Waals surface area contributed by atoms with E-state index in [-0.39, 0.29) is 0 Å². The summed E-state index contributed by atoms with van der Waals surface area (Å²) >= 11 is 0. The van der Waals surface area contributed by atoms with Gasteiger partial charge in [-0.15, -0.1) is 0 Å². The van der Waals surface area contributed by atoms with Crippen LogP contribution in [0.4, 0.5) is 0 Å². The van der Waals surface area contributed by atoms with Crippen molar-refractivity contribution in [1.29, 1.82) is 0 Å². The van der Waals surface area contributed by atoms with Gasteiger partial charge in [0, 0.05) is 6.20 Å². The van der Waals surface area contributed by atoms with Crippen LogP contribution in [0.1, 0.15) is 29.2 Å². The molecule has 1 atom stereocenters. The number of furan rings is 1. The van der Waals surface area contributed by atoms with E-state index in [0.717, 1.165) is 12.1 Å². The van der Waals surface area contributed by atoms with Gasteiger partial charge in [0.2, 0.25) is 10.9 Å². The lowest BCUT2D eigenvalue weighted by molar-refractivity contribution is 0.0656. The van der Waals surface area contributed by atoms with Crippen molar-refractivity contribution in [2.45, 2.75) is 18.1 Å². The first-order chi connectivity index (χ1) is 9.40. The minimum absolute atomic E-state index is 0.434. The van der Waals surface area contributed by atoms with Crippen molar-refractivity contribution in [3.63, 3.8) is 0 Å². The molecule has 0 bridgehead atoms. The molecule has 2 N–H and O–H groups in total. The fourth-order valence-corrected chi connectivity index (χ4v) is 2.71. The van der Waals surface area contributed by atoms with Gasteiger partial charge in [-0.25, -0.2) is 13.2 Å². The molecule has 106 valence electrons. The smallest absolute Gasteiger partial charge is 0.371 e. The summed E-state index contributed by atoms with van der Waals surface area (Å²) in [6.07, 6.45) is 1.55. The maximum atomic E-state index is 12.0. The summed E-state index contributed by atoms with van der Waals surface area (Å²) in [4.78, 5) is 14.7. The third kappa shape index (κ3) is 3.03. The number of nitrogens with one attached hydrogen (secondary N) is 1. The number of carboxylic acid groups (broad SMARTS) is 1. The van der Waals surface area contributed by atoms with Crippen LogP contribution >= 0.6 is 0 Å². The third-order valence-electron chi connectivity index (χ3n) is 2.52. The number of aromatic nitrogens is 1. The highest BCUT2D eigenvalue weighted by atomic mass is 32.2. The predicted molar refractivity (Wildman–Crippen MR) is 68.6 cm³/mol. The second-order valence-corrected chi connectivity index (χ2v) is 5.67. The van der Waals surface area contributed by atoms with Crippen molar-refractivity contribution < 1.29 is 22.7 Å². The molecular weight excluding hydrogens is 284 g/mol. The minimum atomic E-state index is -3.94. The van der Waals surface area contributed by atoms with E-state index in [0.29, 0.717) is 5.69 Å². The van der Waals surface area contributed by atoms with Crippen LogP contribution in [0, 0.1) is 0 Å². The zero-order valence-corrected chi connectivity index (χ0v) is 11.3. The molecular formula is C12H12N2O5S. The molecule has 0 amide bonds. The van der Waals surface area contributed by atoms with E-state index in [1.807, 2.05) is 0 Å². The fraction of sp³-hybridized carbons (Fsp3) is 0.167. The monoisotopic (exact) mass is 296 g/mol. The van der Waals surface area contributed by atoms with Gasteiger partial charge >= 0.3 is 5.97 Å². The van der Waals surface area contributed by atoms with Crippen LogP contribution in [-0.4, -0.2) is 24.5 Å². The van der Waals surface area contributed by atoms with Crippen LogP contribution in [0.25, 0.3) is 0 Å². The van der Waals surface area contributed by atoms with Crippen molar-refractivity contribution in [1.82, 2.24) is 9.71 Å². The number of sulfonamides is 1. The average molecular weight is 296 g/mol. The topological polar surface area (TPSA) is 110 Å². The Labute approximate surface area is 115 Å². The Morgan fingerprint density at radius 2 is 2.10 bits per heavy atom. The summed E-state index contributed by atoms with van der Waals surface area (Å²) in [5.41, 5.74) is 0.543. The van der Waals surface area contributed by atoms with Crippen LogP contribution in [0.3, 0.4) is 0 Å². The molecule has 0 radical (unpaired) electrons. The number of carbonyl (C=O) groups is 1. The molecule has 0 fully saturated rings. The number of aromatic carboxylic acids is 1. The Balaban J connectivity index is 2.20. The number of nitrogens with zero attached hydrogens (tertiary/aromatic N) is 1. The van der Waals surface area contributed by atoms with Crippen LogP contribution in [0.2, 0.25) is 0 Å². The van der Waals surface area contributed by atoms with Crippen molar-refractivity contribution in [3.05, 3.63) is 48.0 Å². The van der Waals surface area contributed by atoms with Gasteiger partial charge in [0.15, 0.2) is 0 Å². The second kappa shape index (κ2) is 5.43. The number of carboxylic acids is 1. The molecule has 2 heterocycles. The lowest BCUT2D eigenvalue weighted by Gasteiger charge is -2.12. The summed E-state index contributed by atoms with van der Waals surface area (Å²) < 4.78 is 31.2. The van der Waals surface area contributed by atoms with E-state index < -0.39 is 32.9 Å². The normalized spacial score (nSPS) is 13.1. The molecule has 2 rings (SSSR count). The van der Waals surface area contributed by atoms with Gasteiger partial charge in [0.05, 0.1) is 11.7 Å². The van der Waals surface area contributed by atoms with E-state index in [1.165, 1.54) is 0 Å². The van der Waals surface area contributed by atoms with Crippen molar-refractivity contribution in [2.75, 3.05) is 0 Å². The highest BCUT2D eigenvalue weighted by Gasteiger charge is 2.23. The summed E-state index contributed by atoms with van der Waals surface area (Å²) in [6.45, 7) is 1.63. The molecule has 2 aromatic heterocycles.